The highest BCUT2D eigenvalue weighted by atomic mass is 35.5. The van der Waals surface area contributed by atoms with Crippen LogP contribution in [0.15, 0.2) is 11.1 Å². The van der Waals surface area contributed by atoms with Crippen molar-refractivity contribution in [1.29, 1.82) is 0 Å². The molecular weight excluding hydrogens is 215 g/mol. The molecule has 0 spiro atoms. The normalized spacial score (nSPS) is 58.7. The largest absolute Gasteiger partial charge is 0.121 e. The lowest BCUT2D eigenvalue weighted by atomic mass is 9.76. The van der Waals surface area contributed by atoms with E-state index < -0.39 is 0 Å². The van der Waals surface area contributed by atoms with Gasteiger partial charge in [0.25, 0.3) is 0 Å². The van der Waals surface area contributed by atoms with Crippen LogP contribution in [0.2, 0.25) is 0 Å². The van der Waals surface area contributed by atoms with E-state index in [9.17, 15) is 0 Å². The molecule has 14 heavy (non-hydrogen) atoms. The van der Waals surface area contributed by atoms with Gasteiger partial charge in [0.2, 0.25) is 0 Å². The summed E-state index contributed by atoms with van der Waals surface area (Å²) in [6, 6.07) is 0. The molecule has 0 heterocycles. The van der Waals surface area contributed by atoms with Crippen molar-refractivity contribution < 1.29 is 0 Å². The predicted molar refractivity (Wildman–Crippen MR) is 58.7 cm³/mol. The number of fused-ring (bicyclic) bond motifs is 8. The Hall–Kier alpha value is 0.320. The third-order valence-electron chi connectivity index (χ3n) is 5.09. The van der Waals surface area contributed by atoms with Crippen LogP contribution in [0.5, 0.6) is 0 Å². The summed E-state index contributed by atoms with van der Waals surface area (Å²) in [5.41, 5.74) is 3.34. The zero-order valence-electron chi connectivity index (χ0n) is 8.05. The molecule has 0 aromatic rings. The first-order valence-corrected chi connectivity index (χ1v) is 6.65. The van der Waals surface area contributed by atoms with Gasteiger partial charge in [0.15, 0.2) is 0 Å². The van der Waals surface area contributed by atoms with Gasteiger partial charge in [0.05, 0.1) is 10.8 Å². The Balaban J connectivity index is 1.87. The van der Waals surface area contributed by atoms with Crippen LogP contribution in [0.3, 0.4) is 0 Å². The molecule has 3 saturated carbocycles. The van der Waals surface area contributed by atoms with Crippen molar-refractivity contribution in [3.05, 3.63) is 11.1 Å². The molecule has 2 heteroatoms. The van der Waals surface area contributed by atoms with Gasteiger partial charge in [-0.25, -0.2) is 0 Å². The highest BCUT2D eigenvalue weighted by molar-refractivity contribution is 6.32. The van der Waals surface area contributed by atoms with E-state index in [1.54, 1.807) is 11.1 Å². The van der Waals surface area contributed by atoms with Gasteiger partial charge in [0.1, 0.15) is 0 Å². The first-order valence-electron chi connectivity index (χ1n) is 5.78. The van der Waals surface area contributed by atoms with E-state index >= 15 is 0 Å². The third-order valence-corrected chi connectivity index (χ3v) is 6.33. The number of halogens is 2. The Bertz CT molecular complexity index is 333. The molecule has 6 unspecified atom stereocenters. The molecule has 0 saturated heterocycles. The van der Waals surface area contributed by atoms with Gasteiger partial charge in [-0.2, -0.15) is 0 Å². The zero-order chi connectivity index (χ0) is 9.45. The molecule has 3 fully saturated rings. The molecule has 4 aliphatic carbocycles. The zero-order valence-corrected chi connectivity index (χ0v) is 9.56. The Morgan fingerprint density at radius 2 is 2.00 bits per heavy atom. The molecule has 4 bridgehead atoms. The summed E-state index contributed by atoms with van der Waals surface area (Å²) in [5.74, 6) is 3.46. The fraction of sp³-hybridized carbons (Fsp3) is 0.833. The van der Waals surface area contributed by atoms with Crippen molar-refractivity contribution in [3.63, 3.8) is 0 Å². The van der Waals surface area contributed by atoms with Gasteiger partial charge >= 0.3 is 0 Å². The van der Waals surface area contributed by atoms with E-state index in [1.165, 1.54) is 25.7 Å². The number of hydrogen-bond acceptors (Lipinski definition) is 0. The van der Waals surface area contributed by atoms with E-state index in [0.717, 1.165) is 17.8 Å². The van der Waals surface area contributed by atoms with Crippen LogP contribution in [0, 0.1) is 23.7 Å². The van der Waals surface area contributed by atoms with Gasteiger partial charge in [-0.05, 0) is 49.4 Å². The van der Waals surface area contributed by atoms with Crippen LogP contribution >= 0.6 is 23.2 Å². The number of allylic oxidation sites excluding steroid dienone is 2. The average Bonchev–Trinajstić information content (AvgIpc) is 2.87. The summed E-state index contributed by atoms with van der Waals surface area (Å²) < 4.78 is 0. The molecule has 6 atom stereocenters. The monoisotopic (exact) mass is 228 g/mol. The minimum absolute atomic E-state index is 0.173. The predicted octanol–water partition coefficient (Wildman–Crippen LogP) is 3.58. The first kappa shape index (κ1) is 8.47. The topological polar surface area (TPSA) is 0 Å². The van der Waals surface area contributed by atoms with Crippen LogP contribution in [-0.4, -0.2) is 10.8 Å². The van der Waals surface area contributed by atoms with E-state index in [1.807, 2.05) is 0 Å². The number of hydrogen-bond donors (Lipinski definition) is 0. The number of alkyl halides is 2. The molecule has 4 rings (SSSR count). The van der Waals surface area contributed by atoms with Crippen LogP contribution in [0.4, 0.5) is 0 Å². The van der Waals surface area contributed by atoms with Crippen molar-refractivity contribution in [2.75, 3.05) is 0 Å². The quantitative estimate of drug-likeness (QED) is 0.440. The Kier molecular flexibility index (Phi) is 1.52. The summed E-state index contributed by atoms with van der Waals surface area (Å²) in [6.45, 7) is 0. The molecule has 0 aromatic heterocycles. The van der Waals surface area contributed by atoms with E-state index in [2.05, 4.69) is 0 Å². The molecule has 0 aliphatic heterocycles. The Morgan fingerprint density at radius 1 is 1.14 bits per heavy atom. The fourth-order valence-electron chi connectivity index (χ4n) is 4.70. The molecule has 0 amide bonds. The van der Waals surface area contributed by atoms with E-state index in [0.29, 0.717) is 5.92 Å². The highest BCUT2D eigenvalue weighted by Crippen LogP contribution is 2.65. The smallest absolute Gasteiger partial charge is 0.0714 e. The summed E-state index contributed by atoms with van der Waals surface area (Å²) in [5, 5.41) is 0.409. The second-order valence-electron chi connectivity index (χ2n) is 5.49. The lowest BCUT2D eigenvalue weighted by Crippen LogP contribution is -2.31. The maximum absolute atomic E-state index is 6.40. The van der Waals surface area contributed by atoms with Crippen LogP contribution in [0.1, 0.15) is 25.7 Å². The third kappa shape index (κ3) is 0.769. The Morgan fingerprint density at radius 3 is 2.86 bits per heavy atom. The Labute approximate surface area is 94.6 Å². The summed E-state index contributed by atoms with van der Waals surface area (Å²) in [6.07, 6.45) is 5.57. The minimum Gasteiger partial charge on any atom is -0.121 e. The summed E-state index contributed by atoms with van der Waals surface area (Å²) in [4.78, 5) is 0. The maximum Gasteiger partial charge on any atom is 0.0714 e. The van der Waals surface area contributed by atoms with Crippen molar-refractivity contribution in [2.45, 2.75) is 36.4 Å². The lowest BCUT2D eigenvalue weighted by Gasteiger charge is -2.33. The van der Waals surface area contributed by atoms with Crippen molar-refractivity contribution in [1.82, 2.24) is 0 Å². The summed E-state index contributed by atoms with van der Waals surface area (Å²) in [7, 11) is 0. The standard InChI is InChI=1S/C12H14Cl2/c13-11-7-4-8(12(11)14)10-6-2-1-5(3-6)9(7)10/h5-7,9,11-12H,1-4H2. The summed E-state index contributed by atoms with van der Waals surface area (Å²) >= 11 is 12.8. The fourth-order valence-corrected chi connectivity index (χ4v) is 5.50. The molecule has 0 nitrogen and oxygen atoms in total. The molecule has 0 aromatic carbocycles. The van der Waals surface area contributed by atoms with Gasteiger partial charge < -0.3 is 0 Å². The van der Waals surface area contributed by atoms with Crippen LogP contribution in [0.25, 0.3) is 0 Å². The SMILES string of the molecule is ClC1C2=C3C4CCC(C4)C3C(C2)C1Cl. The van der Waals surface area contributed by atoms with Gasteiger partial charge in [-0.1, -0.05) is 11.1 Å². The molecule has 4 aliphatic rings. The van der Waals surface area contributed by atoms with Crippen molar-refractivity contribution in [2.24, 2.45) is 23.7 Å². The lowest BCUT2D eigenvalue weighted by molar-refractivity contribution is 0.302. The second kappa shape index (κ2) is 2.52. The first-order chi connectivity index (χ1) is 6.77. The van der Waals surface area contributed by atoms with E-state index in [4.69, 9.17) is 23.2 Å². The van der Waals surface area contributed by atoms with Crippen molar-refractivity contribution >= 4 is 23.2 Å². The minimum atomic E-state index is 0.173. The van der Waals surface area contributed by atoms with Gasteiger partial charge in [0, 0.05) is 0 Å². The van der Waals surface area contributed by atoms with Crippen LogP contribution < -0.4 is 0 Å². The molecule has 76 valence electrons. The molecule has 0 radical (unpaired) electrons. The van der Waals surface area contributed by atoms with E-state index in [-0.39, 0.29) is 10.8 Å². The molecular formula is C12H14Cl2. The highest BCUT2D eigenvalue weighted by Gasteiger charge is 2.58. The molecule has 0 N–H and O–H groups in total. The van der Waals surface area contributed by atoms with Crippen molar-refractivity contribution in [3.8, 4) is 0 Å². The average molecular weight is 229 g/mol. The van der Waals surface area contributed by atoms with Crippen LogP contribution in [-0.2, 0) is 0 Å². The van der Waals surface area contributed by atoms with Gasteiger partial charge in [-0.3, -0.25) is 0 Å². The second-order valence-corrected chi connectivity index (χ2v) is 6.46. The number of rotatable bonds is 0. The maximum atomic E-state index is 6.40. The van der Waals surface area contributed by atoms with Gasteiger partial charge in [-0.15, -0.1) is 23.2 Å².